The third-order valence-electron chi connectivity index (χ3n) is 4.01. The van der Waals surface area contributed by atoms with Gasteiger partial charge in [0.2, 0.25) is 0 Å². The monoisotopic (exact) mass is 313 g/mol. The highest BCUT2D eigenvalue weighted by molar-refractivity contribution is 5.67. The molecule has 0 spiro atoms. The standard InChI is InChI=1S/C20H27NO2/c1-5-7-9-15-10-11-21-18(12-15)17-13-16(8-6-2)20(23-4)19(14-17)22-3/h10-14H,5-9H2,1-4H3. The second kappa shape index (κ2) is 8.56. The molecule has 1 heterocycles. The van der Waals surface area contributed by atoms with Gasteiger partial charge in [0.15, 0.2) is 11.5 Å². The van der Waals surface area contributed by atoms with Crippen LogP contribution in [0.5, 0.6) is 11.5 Å². The van der Waals surface area contributed by atoms with Gasteiger partial charge >= 0.3 is 0 Å². The quantitative estimate of drug-likeness (QED) is 0.682. The highest BCUT2D eigenvalue weighted by Crippen LogP contribution is 2.36. The number of benzene rings is 1. The van der Waals surface area contributed by atoms with E-state index in [2.05, 4.69) is 37.0 Å². The molecule has 3 nitrogen and oxygen atoms in total. The van der Waals surface area contributed by atoms with Crippen LogP contribution < -0.4 is 9.47 Å². The lowest BCUT2D eigenvalue weighted by Crippen LogP contribution is -1.98. The molecule has 3 heteroatoms. The van der Waals surface area contributed by atoms with Gasteiger partial charge < -0.3 is 9.47 Å². The number of hydrogen-bond acceptors (Lipinski definition) is 3. The van der Waals surface area contributed by atoms with Gasteiger partial charge in [-0.3, -0.25) is 4.98 Å². The molecule has 124 valence electrons. The first-order valence-corrected chi connectivity index (χ1v) is 8.43. The molecule has 0 aliphatic rings. The normalized spacial score (nSPS) is 10.6. The topological polar surface area (TPSA) is 31.4 Å². The van der Waals surface area contributed by atoms with Gasteiger partial charge in [0, 0.05) is 11.8 Å². The van der Waals surface area contributed by atoms with Gasteiger partial charge in [-0.05, 0) is 54.7 Å². The van der Waals surface area contributed by atoms with E-state index in [-0.39, 0.29) is 0 Å². The van der Waals surface area contributed by atoms with Crippen LogP contribution in [0.4, 0.5) is 0 Å². The van der Waals surface area contributed by atoms with E-state index in [4.69, 9.17) is 9.47 Å². The van der Waals surface area contributed by atoms with Gasteiger partial charge in [-0.1, -0.05) is 26.7 Å². The Bertz CT molecular complexity index is 638. The number of methoxy groups -OCH3 is 2. The van der Waals surface area contributed by atoms with Gasteiger partial charge in [-0.2, -0.15) is 0 Å². The SMILES string of the molecule is CCCCc1ccnc(-c2cc(CCC)c(OC)c(OC)c2)c1. The Morgan fingerprint density at radius 1 is 0.957 bits per heavy atom. The number of unbranched alkanes of at least 4 members (excludes halogenated alkanes) is 1. The zero-order valence-electron chi connectivity index (χ0n) is 14.7. The van der Waals surface area contributed by atoms with Crippen molar-refractivity contribution in [1.29, 1.82) is 0 Å². The largest absolute Gasteiger partial charge is 0.493 e. The van der Waals surface area contributed by atoms with Gasteiger partial charge in [0.1, 0.15) is 0 Å². The molecule has 0 unspecified atom stereocenters. The molecule has 0 atom stereocenters. The molecule has 1 aromatic heterocycles. The zero-order valence-corrected chi connectivity index (χ0v) is 14.7. The van der Waals surface area contributed by atoms with Crippen molar-refractivity contribution in [2.75, 3.05) is 14.2 Å². The van der Waals surface area contributed by atoms with E-state index in [0.29, 0.717) is 0 Å². The van der Waals surface area contributed by atoms with Crippen LogP contribution >= 0.6 is 0 Å². The minimum Gasteiger partial charge on any atom is -0.493 e. The molecule has 0 aliphatic heterocycles. The number of rotatable bonds is 8. The fourth-order valence-corrected chi connectivity index (χ4v) is 2.81. The van der Waals surface area contributed by atoms with Crippen LogP contribution in [0.25, 0.3) is 11.3 Å². The summed E-state index contributed by atoms with van der Waals surface area (Å²) in [6.45, 7) is 4.38. The second-order valence-corrected chi connectivity index (χ2v) is 5.77. The van der Waals surface area contributed by atoms with Crippen LogP contribution in [-0.2, 0) is 12.8 Å². The lowest BCUT2D eigenvalue weighted by Gasteiger charge is -2.15. The average molecular weight is 313 g/mol. The van der Waals surface area contributed by atoms with Gasteiger partial charge in [-0.15, -0.1) is 0 Å². The molecule has 0 bridgehead atoms. The predicted octanol–water partition coefficient (Wildman–Crippen LogP) is 5.06. The summed E-state index contributed by atoms with van der Waals surface area (Å²) in [5, 5.41) is 0. The molecule has 0 saturated carbocycles. The summed E-state index contributed by atoms with van der Waals surface area (Å²) in [5.41, 5.74) is 4.59. The van der Waals surface area contributed by atoms with Crippen molar-refractivity contribution in [2.24, 2.45) is 0 Å². The van der Waals surface area contributed by atoms with E-state index in [1.54, 1.807) is 14.2 Å². The van der Waals surface area contributed by atoms with Crippen LogP contribution in [-0.4, -0.2) is 19.2 Å². The Morgan fingerprint density at radius 2 is 1.78 bits per heavy atom. The molecule has 0 aliphatic carbocycles. The number of ether oxygens (including phenoxy) is 2. The van der Waals surface area contributed by atoms with Crippen molar-refractivity contribution >= 4 is 0 Å². The summed E-state index contributed by atoms with van der Waals surface area (Å²) in [4.78, 5) is 4.55. The van der Waals surface area contributed by atoms with Gasteiger partial charge in [-0.25, -0.2) is 0 Å². The molecular formula is C20H27NO2. The smallest absolute Gasteiger partial charge is 0.163 e. The second-order valence-electron chi connectivity index (χ2n) is 5.77. The highest BCUT2D eigenvalue weighted by Gasteiger charge is 2.13. The Balaban J connectivity index is 2.44. The van der Waals surface area contributed by atoms with Crippen molar-refractivity contribution in [1.82, 2.24) is 4.98 Å². The van der Waals surface area contributed by atoms with E-state index in [1.807, 2.05) is 12.3 Å². The Kier molecular flexibility index (Phi) is 6.45. The van der Waals surface area contributed by atoms with Crippen LogP contribution in [0, 0.1) is 0 Å². The van der Waals surface area contributed by atoms with E-state index in [9.17, 15) is 0 Å². The first-order chi connectivity index (χ1) is 11.2. The third kappa shape index (κ3) is 4.25. The maximum atomic E-state index is 5.54. The van der Waals surface area contributed by atoms with Gasteiger partial charge in [0.05, 0.1) is 19.9 Å². The molecule has 0 fully saturated rings. The van der Waals surface area contributed by atoms with Crippen molar-refractivity contribution < 1.29 is 9.47 Å². The van der Waals surface area contributed by atoms with E-state index >= 15 is 0 Å². The fourth-order valence-electron chi connectivity index (χ4n) is 2.81. The number of nitrogens with zero attached hydrogens (tertiary/aromatic N) is 1. The highest BCUT2D eigenvalue weighted by atomic mass is 16.5. The predicted molar refractivity (Wildman–Crippen MR) is 95.4 cm³/mol. The fraction of sp³-hybridized carbons (Fsp3) is 0.450. The summed E-state index contributed by atoms with van der Waals surface area (Å²) < 4.78 is 11.1. The average Bonchev–Trinajstić information content (AvgIpc) is 2.59. The molecular weight excluding hydrogens is 286 g/mol. The Morgan fingerprint density at radius 3 is 2.43 bits per heavy atom. The molecule has 23 heavy (non-hydrogen) atoms. The molecule has 1 aromatic carbocycles. The summed E-state index contributed by atoms with van der Waals surface area (Å²) >= 11 is 0. The first-order valence-electron chi connectivity index (χ1n) is 8.43. The van der Waals surface area contributed by atoms with Crippen molar-refractivity contribution in [3.8, 4) is 22.8 Å². The van der Waals surface area contributed by atoms with Crippen molar-refractivity contribution in [3.63, 3.8) is 0 Å². The molecule has 0 radical (unpaired) electrons. The summed E-state index contributed by atoms with van der Waals surface area (Å²) in [5.74, 6) is 1.61. The maximum Gasteiger partial charge on any atom is 0.163 e. The van der Waals surface area contributed by atoms with E-state index in [1.165, 1.54) is 24.0 Å². The minimum atomic E-state index is 0.772. The van der Waals surface area contributed by atoms with E-state index < -0.39 is 0 Å². The molecule has 0 N–H and O–H groups in total. The van der Waals surface area contributed by atoms with Gasteiger partial charge in [0.25, 0.3) is 0 Å². The van der Waals surface area contributed by atoms with Crippen LogP contribution in [0.2, 0.25) is 0 Å². The lowest BCUT2D eigenvalue weighted by molar-refractivity contribution is 0.351. The maximum absolute atomic E-state index is 5.54. The van der Waals surface area contributed by atoms with E-state index in [0.717, 1.165) is 42.0 Å². The van der Waals surface area contributed by atoms with Crippen molar-refractivity contribution in [3.05, 3.63) is 41.6 Å². The molecule has 0 amide bonds. The van der Waals surface area contributed by atoms with Crippen LogP contribution in [0.15, 0.2) is 30.5 Å². The van der Waals surface area contributed by atoms with Crippen LogP contribution in [0.3, 0.4) is 0 Å². The number of pyridine rings is 1. The Hall–Kier alpha value is -2.03. The number of aryl methyl sites for hydroxylation is 2. The molecule has 2 rings (SSSR count). The number of aromatic nitrogens is 1. The minimum absolute atomic E-state index is 0.772. The third-order valence-corrected chi connectivity index (χ3v) is 4.01. The molecule has 0 saturated heterocycles. The van der Waals surface area contributed by atoms with Crippen molar-refractivity contribution in [2.45, 2.75) is 46.0 Å². The molecule has 2 aromatic rings. The summed E-state index contributed by atoms with van der Waals surface area (Å²) in [7, 11) is 3.38. The first kappa shape index (κ1) is 17.3. The van der Waals surface area contributed by atoms with Crippen LogP contribution in [0.1, 0.15) is 44.2 Å². The Labute approximate surface area is 139 Å². The number of hydrogen-bond donors (Lipinski definition) is 0. The summed E-state index contributed by atoms with van der Waals surface area (Å²) in [6, 6.07) is 8.49. The zero-order chi connectivity index (χ0) is 16.7. The summed E-state index contributed by atoms with van der Waals surface area (Å²) in [6.07, 6.45) is 7.43. The lowest BCUT2D eigenvalue weighted by atomic mass is 10.0.